The van der Waals surface area contributed by atoms with E-state index in [9.17, 15) is 26.3 Å². The molecule has 45 heavy (non-hydrogen) atoms. The van der Waals surface area contributed by atoms with Gasteiger partial charge in [0.1, 0.15) is 5.75 Å². The number of hydrogen-bond donors (Lipinski definition) is 1. The van der Waals surface area contributed by atoms with Crippen LogP contribution in [0.3, 0.4) is 0 Å². The average Bonchev–Trinajstić information content (AvgIpc) is 2.98. The second kappa shape index (κ2) is 17.3. The largest absolute Gasteiger partial charge is 0.493 e. The summed E-state index contributed by atoms with van der Waals surface area (Å²) in [6, 6.07) is 29.9. The van der Waals surface area contributed by atoms with Gasteiger partial charge in [-0.3, -0.25) is 4.90 Å². The second-order valence-corrected chi connectivity index (χ2v) is 11.0. The third-order valence-electron chi connectivity index (χ3n) is 6.63. The van der Waals surface area contributed by atoms with E-state index in [0.717, 1.165) is 17.2 Å². The summed E-state index contributed by atoms with van der Waals surface area (Å²) < 4.78 is 86.4. The molecule has 4 aromatic carbocycles. The fourth-order valence-electron chi connectivity index (χ4n) is 4.67. The number of nitrogens with zero attached hydrogens (tertiary/aromatic N) is 1. The van der Waals surface area contributed by atoms with Crippen molar-refractivity contribution < 1.29 is 42.0 Å². The van der Waals surface area contributed by atoms with Crippen molar-refractivity contribution in [2.75, 3.05) is 24.4 Å². The summed E-state index contributed by atoms with van der Waals surface area (Å²) in [4.78, 5) is 2.05. The Morgan fingerprint density at radius 3 is 1.96 bits per heavy atom. The zero-order chi connectivity index (χ0) is 30.9. The standard InChI is InChI=1S/C32H29ClF6N2OS.2H2O/c33-30-25(14-7-17-29(30)31(34,35)36)21-41(22-28(23-10-3-1-4-11-23)24-12-5-2-6-13-24)18-9-19-42-27-16-8-15-26(20-27)40-43-32(37,38)39;;/h1-8,10-17,20,28,40H,9,18-19,21-22H2;2*1H2. The first kappa shape index (κ1) is 37.8. The maximum absolute atomic E-state index is 13.6. The van der Waals surface area contributed by atoms with E-state index in [0.29, 0.717) is 30.8 Å². The van der Waals surface area contributed by atoms with Crippen LogP contribution in [0.4, 0.5) is 32.0 Å². The topological polar surface area (TPSA) is 87.5 Å². The lowest BCUT2D eigenvalue weighted by Crippen LogP contribution is -2.31. The van der Waals surface area contributed by atoms with Crippen molar-refractivity contribution in [3.8, 4) is 5.75 Å². The highest BCUT2D eigenvalue weighted by atomic mass is 35.5. The molecule has 0 aliphatic rings. The molecule has 4 rings (SSSR count). The first-order chi connectivity index (χ1) is 20.5. The molecule has 0 saturated carbocycles. The van der Waals surface area contributed by atoms with Gasteiger partial charge in [-0.15, -0.1) is 0 Å². The lowest BCUT2D eigenvalue weighted by Gasteiger charge is -2.29. The molecule has 4 aromatic rings. The Morgan fingerprint density at radius 1 is 0.778 bits per heavy atom. The predicted octanol–water partition coefficient (Wildman–Crippen LogP) is 8.39. The summed E-state index contributed by atoms with van der Waals surface area (Å²) in [5.41, 5.74) is -2.58. The van der Waals surface area contributed by atoms with Gasteiger partial charge in [-0.25, -0.2) is 0 Å². The molecule has 0 aliphatic carbocycles. The molecule has 5 nitrogen and oxygen atoms in total. The van der Waals surface area contributed by atoms with E-state index in [1.165, 1.54) is 18.2 Å². The van der Waals surface area contributed by atoms with Crippen LogP contribution in [0.5, 0.6) is 5.75 Å². The molecule has 13 heteroatoms. The van der Waals surface area contributed by atoms with E-state index >= 15 is 0 Å². The second-order valence-electron chi connectivity index (χ2n) is 9.77. The van der Waals surface area contributed by atoms with Crippen molar-refractivity contribution >= 4 is 29.2 Å². The van der Waals surface area contributed by atoms with Gasteiger partial charge in [0.25, 0.3) is 0 Å². The highest BCUT2D eigenvalue weighted by Crippen LogP contribution is 2.37. The summed E-state index contributed by atoms with van der Waals surface area (Å²) in [5, 5.41) is -0.326. The minimum absolute atomic E-state index is 0. The fraction of sp³-hybridized carbons (Fsp3) is 0.250. The Labute approximate surface area is 266 Å². The smallest absolute Gasteiger partial charge is 0.461 e. The summed E-state index contributed by atoms with van der Waals surface area (Å²) in [6.07, 6.45) is -4.08. The van der Waals surface area contributed by atoms with Crippen molar-refractivity contribution in [1.29, 1.82) is 0 Å². The van der Waals surface area contributed by atoms with Crippen molar-refractivity contribution in [3.05, 3.63) is 130 Å². The third kappa shape index (κ3) is 11.8. The van der Waals surface area contributed by atoms with Crippen LogP contribution in [0.15, 0.2) is 103 Å². The lowest BCUT2D eigenvalue weighted by atomic mass is 9.90. The Kier molecular flexibility index (Phi) is 14.5. The molecule has 0 fully saturated rings. The Hall–Kier alpha value is -3.42. The highest BCUT2D eigenvalue weighted by Gasteiger charge is 2.34. The van der Waals surface area contributed by atoms with Gasteiger partial charge in [-0.2, -0.15) is 26.3 Å². The van der Waals surface area contributed by atoms with Crippen LogP contribution in [0, 0.1) is 0 Å². The zero-order valence-corrected chi connectivity index (χ0v) is 25.4. The van der Waals surface area contributed by atoms with Crippen molar-refractivity contribution in [3.63, 3.8) is 0 Å². The van der Waals surface area contributed by atoms with Crippen LogP contribution in [-0.4, -0.2) is 41.1 Å². The van der Waals surface area contributed by atoms with Gasteiger partial charge < -0.3 is 20.4 Å². The number of ether oxygens (including phenoxy) is 1. The van der Waals surface area contributed by atoms with Crippen LogP contribution < -0.4 is 9.46 Å². The van der Waals surface area contributed by atoms with Crippen LogP contribution >= 0.6 is 23.5 Å². The minimum Gasteiger partial charge on any atom is -0.493 e. The molecule has 0 atom stereocenters. The quantitative estimate of drug-likeness (QED) is 0.0877. The SMILES string of the molecule is FC(F)(F)SNc1cccc(OCCCN(Cc2cccc(C(F)(F)F)c2Cl)CC(c2ccccc2)c2ccccc2)c1.O.O. The molecule has 0 radical (unpaired) electrons. The average molecular weight is 675 g/mol. The van der Waals surface area contributed by atoms with E-state index in [2.05, 4.69) is 4.72 Å². The minimum atomic E-state index is -4.58. The Bertz CT molecular complexity index is 1410. The van der Waals surface area contributed by atoms with Crippen LogP contribution in [0.2, 0.25) is 5.02 Å². The number of nitrogens with one attached hydrogen (secondary N) is 1. The molecule has 5 N–H and O–H groups in total. The van der Waals surface area contributed by atoms with E-state index in [1.54, 1.807) is 18.2 Å². The number of hydrogen-bond acceptors (Lipinski definition) is 4. The molecule has 0 aromatic heterocycles. The Morgan fingerprint density at radius 2 is 1.38 bits per heavy atom. The van der Waals surface area contributed by atoms with E-state index in [-0.39, 0.29) is 52.7 Å². The van der Waals surface area contributed by atoms with Crippen LogP contribution in [-0.2, 0) is 12.7 Å². The van der Waals surface area contributed by atoms with Gasteiger partial charge in [-0.1, -0.05) is 90.5 Å². The van der Waals surface area contributed by atoms with E-state index in [4.69, 9.17) is 16.3 Å². The van der Waals surface area contributed by atoms with Gasteiger partial charge in [-0.05, 0) is 41.3 Å². The van der Waals surface area contributed by atoms with Crippen LogP contribution in [0.25, 0.3) is 0 Å². The number of halogens is 7. The lowest BCUT2D eigenvalue weighted by molar-refractivity contribution is -0.137. The van der Waals surface area contributed by atoms with Gasteiger partial charge in [0.2, 0.25) is 0 Å². The maximum atomic E-state index is 13.6. The van der Waals surface area contributed by atoms with Crippen LogP contribution in [0.1, 0.15) is 34.6 Å². The molecular formula is C32H33ClF6N2O3S. The third-order valence-corrected chi connectivity index (χ3v) is 7.64. The van der Waals surface area contributed by atoms with Crippen molar-refractivity contribution in [1.82, 2.24) is 4.90 Å². The maximum Gasteiger partial charge on any atom is 0.461 e. The molecular weight excluding hydrogens is 642 g/mol. The van der Waals surface area contributed by atoms with Gasteiger partial charge in [0, 0.05) is 37.3 Å². The van der Waals surface area contributed by atoms with Crippen molar-refractivity contribution in [2.24, 2.45) is 0 Å². The number of alkyl halides is 6. The van der Waals surface area contributed by atoms with Gasteiger partial charge in [0.15, 0.2) is 0 Å². The van der Waals surface area contributed by atoms with E-state index in [1.807, 2.05) is 65.6 Å². The first-order valence-corrected chi connectivity index (χ1v) is 14.6. The highest BCUT2D eigenvalue weighted by molar-refractivity contribution is 8.01. The summed E-state index contributed by atoms with van der Waals surface area (Å²) in [7, 11) is 0. The number of benzene rings is 4. The monoisotopic (exact) mass is 674 g/mol. The zero-order valence-electron chi connectivity index (χ0n) is 23.8. The predicted molar refractivity (Wildman–Crippen MR) is 168 cm³/mol. The molecule has 0 aliphatic heterocycles. The molecule has 0 amide bonds. The fourth-order valence-corrected chi connectivity index (χ4v) is 5.33. The molecule has 0 saturated heterocycles. The first-order valence-electron chi connectivity index (χ1n) is 13.4. The molecule has 0 unspecified atom stereocenters. The summed E-state index contributed by atoms with van der Waals surface area (Å²) in [5.74, 6) is 0.327. The van der Waals surface area contributed by atoms with Gasteiger partial charge >= 0.3 is 11.7 Å². The molecule has 244 valence electrons. The number of anilines is 1. The molecule has 0 heterocycles. The van der Waals surface area contributed by atoms with Crippen molar-refractivity contribution in [2.45, 2.75) is 30.6 Å². The normalized spacial score (nSPS) is 11.6. The van der Waals surface area contributed by atoms with Gasteiger partial charge in [0.05, 0.1) is 29.1 Å². The summed E-state index contributed by atoms with van der Waals surface area (Å²) >= 11 is 5.91. The molecule has 0 bridgehead atoms. The molecule has 0 spiro atoms. The Balaban J connectivity index is 0.00000353. The number of rotatable bonds is 13. The van der Waals surface area contributed by atoms with E-state index < -0.39 is 17.2 Å². The summed E-state index contributed by atoms with van der Waals surface area (Å²) in [6.45, 7) is 1.37.